The highest BCUT2D eigenvalue weighted by molar-refractivity contribution is 7.54. The van der Waals surface area contributed by atoms with Gasteiger partial charge in [0, 0.05) is 0 Å². The van der Waals surface area contributed by atoms with Crippen molar-refractivity contribution < 1.29 is 43.1 Å². The van der Waals surface area contributed by atoms with Crippen LogP contribution in [0.2, 0.25) is 0 Å². The Kier molecular flexibility index (Phi) is 6.42. The molecule has 18 heavy (non-hydrogen) atoms. The highest BCUT2D eigenvalue weighted by Gasteiger charge is 2.40. The van der Waals surface area contributed by atoms with E-state index >= 15 is 0 Å². The topological polar surface area (TPSA) is 173 Å². The SMILES string of the molecule is CCC(C(CP(=O)(O)O)CP(=O)(O)O)P(=O)(O)O. The van der Waals surface area contributed by atoms with E-state index in [1.807, 2.05) is 0 Å². The predicted molar refractivity (Wildman–Crippen MR) is 63.4 cm³/mol. The lowest BCUT2D eigenvalue weighted by atomic mass is 10.1. The van der Waals surface area contributed by atoms with Crippen LogP contribution in [0, 0.1) is 5.92 Å². The Morgan fingerprint density at radius 1 is 0.833 bits per heavy atom. The van der Waals surface area contributed by atoms with Crippen molar-refractivity contribution in [3.8, 4) is 0 Å². The number of hydrogen-bond donors (Lipinski definition) is 6. The maximum Gasteiger partial charge on any atom is 0.328 e. The minimum Gasteiger partial charge on any atom is -0.324 e. The fourth-order valence-electron chi connectivity index (χ4n) is 1.76. The van der Waals surface area contributed by atoms with E-state index in [-0.39, 0.29) is 6.42 Å². The molecule has 0 rings (SSSR count). The van der Waals surface area contributed by atoms with Crippen LogP contribution in [0.5, 0.6) is 0 Å². The molecule has 0 bridgehead atoms. The van der Waals surface area contributed by atoms with Crippen molar-refractivity contribution in [2.75, 3.05) is 12.3 Å². The second-order valence-electron chi connectivity index (χ2n) is 4.02. The average molecular weight is 326 g/mol. The van der Waals surface area contributed by atoms with Crippen LogP contribution in [0.3, 0.4) is 0 Å². The summed E-state index contributed by atoms with van der Waals surface area (Å²) in [4.78, 5) is 53.3. The summed E-state index contributed by atoms with van der Waals surface area (Å²) >= 11 is 0. The van der Waals surface area contributed by atoms with Crippen molar-refractivity contribution in [1.82, 2.24) is 0 Å². The zero-order valence-electron chi connectivity index (χ0n) is 9.53. The van der Waals surface area contributed by atoms with Crippen LogP contribution in [0.1, 0.15) is 13.3 Å². The average Bonchev–Trinajstić information content (AvgIpc) is 1.94. The monoisotopic (exact) mass is 326 g/mol. The maximum absolute atomic E-state index is 11.2. The minimum absolute atomic E-state index is 0.144. The first-order valence-corrected chi connectivity index (χ1v) is 10.2. The Bertz CT molecular complexity index is 379. The van der Waals surface area contributed by atoms with E-state index in [1.165, 1.54) is 6.92 Å². The number of hydrogen-bond acceptors (Lipinski definition) is 3. The molecular formula is C6H17O9P3. The molecule has 1 atom stereocenters. The van der Waals surface area contributed by atoms with E-state index in [1.54, 1.807) is 0 Å². The molecule has 12 heteroatoms. The number of rotatable bonds is 7. The maximum atomic E-state index is 11.2. The van der Waals surface area contributed by atoms with E-state index in [9.17, 15) is 13.7 Å². The molecule has 0 aliphatic carbocycles. The molecule has 1 unspecified atom stereocenters. The Morgan fingerprint density at radius 3 is 1.33 bits per heavy atom. The molecular weight excluding hydrogens is 309 g/mol. The molecule has 0 aromatic carbocycles. The van der Waals surface area contributed by atoms with Gasteiger partial charge in [0.15, 0.2) is 0 Å². The Balaban J connectivity index is 5.25. The normalized spacial score (nSPS) is 16.0. The molecule has 0 spiro atoms. The van der Waals surface area contributed by atoms with Gasteiger partial charge in [0.25, 0.3) is 0 Å². The summed E-state index contributed by atoms with van der Waals surface area (Å²) in [6.07, 6.45) is -2.08. The van der Waals surface area contributed by atoms with E-state index in [2.05, 4.69) is 0 Å². The largest absolute Gasteiger partial charge is 0.328 e. The van der Waals surface area contributed by atoms with Crippen molar-refractivity contribution in [2.24, 2.45) is 5.92 Å². The summed E-state index contributed by atoms with van der Waals surface area (Å²) in [6.45, 7) is 1.37. The van der Waals surface area contributed by atoms with Crippen LogP contribution < -0.4 is 0 Å². The van der Waals surface area contributed by atoms with Gasteiger partial charge in [-0.15, -0.1) is 0 Å². The molecule has 110 valence electrons. The van der Waals surface area contributed by atoms with Crippen LogP contribution in [0.15, 0.2) is 0 Å². The molecule has 0 fully saturated rings. The fraction of sp³-hybridized carbons (Fsp3) is 1.00. The van der Waals surface area contributed by atoms with Gasteiger partial charge < -0.3 is 29.4 Å². The van der Waals surface area contributed by atoms with Crippen LogP contribution in [0.25, 0.3) is 0 Å². The van der Waals surface area contributed by atoms with E-state index in [0.717, 1.165) is 0 Å². The summed E-state index contributed by atoms with van der Waals surface area (Å²) in [6, 6.07) is 0. The van der Waals surface area contributed by atoms with Gasteiger partial charge in [-0.25, -0.2) is 0 Å². The van der Waals surface area contributed by atoms with Gasteiger partial charge in [0.1, 0.15) is 0 Å². The molecule has 6 N–H and O–H groups in total. The first-order valence-electron chi connectivity index (χ1n) is 4.90. The van der Waals surface area contributed by atoms with Crippen molar-refractivity contribution in [3.63, 3.8) is 0 Å². The molecule has 0 amide bonds. The first-order chi connectivity index (χ1) is 7.76. The molecule has 9 nitrogen and oxygen atoms in total. The summed E-state index contributed by atoms with van der Waals surface area (Å²) < 4.78 is 32.9. The minimum atomic E-state index is -4.69. The third-order valence-corrected chi connectivity index (χ3v) is 5.88. The lowest BCUT2D eigenvalue weighted by molar-refractivity contribution is 0.321. The van der Waals surface area contributed by atoms with Gasteiger partial charge in [0.2, 0.25) is 0 Å². The zero-order valence-corrected chi connectivity index (χ0v) is 12.2. The first kappa shape index (κ1) is 18.4. The highest BCUT2D eigenvalue weighted by Crippen LogP contribution is 2.53. The molecule has 0 aliphatic heterocycles. The van der Waals surface area contributed by atoms with Crippen molar-refractivity contribution in [1.29, 1.82) is 0 Å². The van der Waals surface area contributed by atoms with Crippen LogP contribution >= 0.6 is 22.8 Å². The van der Waals surface area contributed by atoms with Gasteiger partial charge >= 0.3 is 22.8 Å². The van der Waals surface area contributed by atoms with Gasteiger partial charge in [-0.05, 0) is 12.3 Å². The summed E-state index contributed by atoms with van der Waals surface area (Å²) in [5.41, 5.74) is -1.49. The Labute approximate surface area is 104 Å². The smallest absolute Gasteiger partial charge is 0.324 e. The fourth-order valence-corrected chi connectivity index (χ4v) is 5.52. The molecule has 0 radical (unpaired) electrons. The van der Waals surface area contributed by atoms with E-state index < -0.39 is 46.7 Å². The van der Waals surface area contributed by atoms with Crippen LogP contribution in [0.4, 0.5) is 0 Å². The molecule has 0 aromatic rings. The van der Waals surface area contributed by atoms with Crippen molar-refractivity contribution >= 4 is 22.8 Å². The third-order valence-electron chi connectivity index (χ3n) is 2.34. The van der Waals surface area contributed by atoms with Crippen molar-refractivity contribution in [3.05, 3.63) is 0 Å². The molecule has 0 aromatic heterocycles. The lowest BCUT2D eigenvalue weighted by Gasteiger charge is -2.27. The Morgan fingerprint density at radius 2 is 1.17 bits per heavy atom. The van der Waals surface area contributed by atoms with Gasteiger partial charge in [0.05, 0.1) is 18.0 Å². The molecule has 0 saturated heterocycles. The quantitative estimate of drug-likeness (QED) is 0.350. The molecule has 0 saturated carbocycles. The summed E-state index contributed by atoms with van der Waals surface area (Å²) in [7, 11) is -14.0. The Hall–Kier alpha value is 0.450. The van der Waals surface area contributed by atoms with Crippen molar-refractivity contribution in [2.45, 2.75) is 19.0 Å². The van der Waals surface area contributed by atoms with E-state index in [0.29, 0.717) is 0 Å². The second kappa shape index (κ2) is 6.27. The second-order valence-corrected chi connectivity index (χ2v) is 9.25. The van der Waals surface area contributed by atoms with Gasteiger partial charge in [-0.2, -0.15) is 0 Å². The van der Waals surface area contributed by atoms with Crippen LogP contribution in [-0.4, -0.2) is 47.3 Å². The third kappa shape index (κ3) is 7.79. The van der Waals surface area contributed by atoms with E-state index in [4.69, 9.17) is 29.4 Å². The molecule has 0 heterocycles. The lowest BCUT2D eigenvalue weighted by Crippen LogP contribution is -2.27. The van der Waals surface area contributed by atoms with Crippen LogP contribution in [-0.2, 0) is 13.7 Å². The van der Waals surface area contributed by atoms with Gasteiger partial charge in [-0.3, -0.25) is 13.7 Å². The molecule has 0 aliphatic rings. The standard InChI is InChI=1S/C6H17O9P3/c1-2-6(18(13,14)15)5(3-16(7,8)9)4-17(10,11)12/h5-6H,2-4H2,1H3,(H2,7,8,9)(H2,10,11,12)(H2,13,14,15). The summed E-state index contributed by atoms with van der Waals surface area (Å²) in [5, 5.41) is 0. The predicted octanol–water partition coefficient (Wildman–Crippen LogP) is -0.0857. The summed E-state index contributed by atoms with van der Waals surface area (Å²) in [5.74, 6) is -1.45. The zero-order chi connectivity index (χ0) is 14.8. The van der Waals surface area contributed by atoms with Gasteiger partial charge in [-0.1, -0.05) is 6.92 Å². The highest BCUT2D eigenvalue weighted by atomic mass is 31.2.